The zero-order valence-corrected chi connectivity index (χ0v) is 13.5. The van der Waals surface area contributed by atoms with Crippen LogP contribution in [0, 0.1) is 11.3 Å². The fourth-order valence-corrected chi connectivity index (χ4v) is 3.13. The highest BCUT2D eigenvalue weighted by Crippen LogP contribution is 2.29. The van der Waals surface area contributed by atoms with Crippen molar-refractivity contribution in [3.63, 3.8) is 0 Å². The Morgan fingerprint density at radius 3 is 2.78 bits per heavy atom. The van der Waals surface area contributed by atoms with Crippen LogP contribution in [0.3, 0.4) is 0 Å². The lowest BCUT2D eigenvalue weighted by Gasteiger charge is -2.11. The topological polar surface area (TPSA) is 80.8 Å². The van der Waals surface area contributed by atoms with Crippen molar-refractivity contribution >= 4 is 11.8 Å². The van der Waals surface area contributed by atoms with E-state index >= 15 is 0 Å². The minimum atomic E-state index is 0.277. The zero-order chi connectivity index (χ0) is 16.1. The van der Waals surface area contributed by atoms with Crippen LogP contribution in [0.2, 0.25) is 0 Å². The lowest BCUT2D eigenvalue weighted by atomic mass is 10.3. The summed E-state index contributed by atoms with van der Waals surface area (Å²) < 4.78 is 12.9. The van der Waals surface area contributed by atoms with Crippen LogP contribution >= 0.6 is 11.8 Å². The highest BCUT2D eigenvalue weighted by atomic mass is 32.2. The average molecular weight is 328 g/mol. The highest BCUT2D eigenvalue weighted by molar-refractivity contribution is 7.99. The Morgan fingerprint density at radius 1 is 1.26 bits per heavy atom. The first-order valence-electron chi connectivity index (χ1n) is 7.31. The summed E-state index contributed by atoms with van der Waals surface area (Å²) in [6.07, 6.45) is 4.61. The summed E-state index contributed by atoms with van der Waals surface area (Å²) >= 11 is 1.61. The van der Waals surface area contributed by atoms with Gasteiger partial charge in [0.1, 0.15) is 5.76 Å². The number of nitriles is 1. The van der Waals surface area contributed by atoms with Gasteiger partial charge in [-0.15, -0.1) is 10.2 Å². The second kappa shape index (κ2) is 7.20. The molecule has 23 heavy (non-hydrogen) atoms. The second-order valence-electron chi connectivity index (χ2n) is 5.07. The van der Waals surface area contributed by atoms with Crippen LogP contribution in [0.4, 0.5) is 0 Å². The van der Waals surface area contributed by atoms with Crippen molar-refractivity contribution in [1.29, 1.82) is 5.26 Å². The second-order valence-corrected chi connectivity index (χ2v) is 6.48. The molecule has 3 aromatic rings. The standard InChI is InChI=1S/C16H16N4O2S/c1-12(5-2-8-17)23-16-19-18-15(14-7-4-10-22-14)20(16)11-13-6-3-9-21-13/h3-4,6-7,9-10,12H,2,5,11H2,1H3/t12-/m0/s1. The van der Waals surface area contributed by atoms with Crippen molar-refractivity contribution in [3.8, 4) is 17.7 Å². The monoisotopic (exact) mass is 328 g/mol. The Hall–Kier alpha value is -2.46. The van der Waals surface area contributed by atoms with Crippen LogP contribution in [-0.2, 0) is 6.54 Å². The molecule has 0 fully saturated rings. The van der Waals surface area contributed by atoms with Crippen molar-refractivity contribution in [2.45, 2.75) is 36.7 Å². The number of aromatic nitrogens is 3. The quantitative estimate of drug-likeness (QED) is 0.611. The SMILES string of the molecule is C[C@@H](CCC#N)Sc1nnc(-c2ccco2)n1Cc1ccco1. The van der Waals surface area contributed by atoms with Gasteiger partial charge in [-0.2, -0.15) is 5.26 Å². The summed E-state index contributed by atoms with van der Waals surface area (Å²) in [6.45, 7) is 2.61. The fourth-order valence-electron chi connectivity index (χ4n) is 2.17. The molecule has 0 aromatic carbocycles. The third-order valence-corrected chi connectivity index (χ3v) is 4.47. The molecular formula is C16H16N4O2S. The van der Waals surface area contributed by atoms with Crippen LogP contribution < -0.4 is 0 Å². The molecule has 0 spiro atoms. The maximum atomic E-state index is 8.72. The van der Waals surface area contributed by atoms with E-state index in [2.05, 4.69) is 23.2 Å². The summed E-state index contributed by atoms with van der Waals surface area (Å²) in [5.74, 6) is 2.16. The van der Waals surface area contributed by atoms with Crippen molar-refractivity contribution in [2.75, 3.05) is 0 Å². The highest BCUT2D eigenvalue weighted by Gasteiger charge is 2.19. The van der Waals surface area contributed by atoms with E-state index in [1.165, 1.54) is 0 Å². The van der Waals surface area contributed by atoms with E-state index in [4.69, 9.17) is 14.1 Å². The van der Waals surface area contributed by atoms with Crippen molar-refractivity contribution in [2.24, 2.45) is 0 Å². The van der Waals surface area contributed by atoms with Gasteiger partial charge in [0.2, 0.25) is 5.82 Å². The van der Waals surface area contributed by atoms with Gasteiger partial charge in [-0.3, -0.25) is 4.57 Å². The maximum absolute atomic E-state index is 8.72. The number of furan rings is 2. The van der Waals surface area contributed by atoms with Gasteiger partial charge < -0.3 is 8.83 Å². The normalized spacial score (nSPS) is 12.2. The first-order valence-corrected chi connectivity index (χ1v) is 8.19. The summed E-state index contributed by atoms with van der Waals surface area (Å²) in [4.78, 5) is 0. The summed E-state index contributed by atoms with van der Waals surface area (Å²) in [5.41, 5.74) is 0. The summed E-state index contributed by atoms with van der Waals surface area (Å²) in [7, 11) is 0. The van der Waals surface area contributed by atoms with Gasteiger partial charge in [-0.05, 0) is 30.7 Å². The maximum Gasteiger partial charge on any atom is 0.200 e. The molecule has 6 nitrogen and oxygen atoms in total. The lowest BCUT2D eigenvalue weighted by molar-refractivity contribution is 0.482. The molecule has 3 aromatic heterocycles. The lowest BCUT2D eigenvalue weighted by Crippen LogP contribution is -2.05. The Morgan fingerprint density at radius 2 is 2.09 bits per heavy atom. The molecule has 0 aliphatic heterocycles. The average Bonchev–Trinajstić information content (AvgIpc) is 3.28. The Balaban J connectivity index is 1.88. The van der Waals surface area contributed by atoms with Gasteiger partial charge in [0.25, 0.3) is 0 Å². The van der Waals surface area contributed by atoms with Crippen molar-refractivity contribution in [3.05, 3.63) is 42.6 Å². The minimum absolute atomic E-state index is 0.277. The smallest absolute Gasteiger partial charge is 0.200 e. The number of thioether (sulfide) groups is 1. The first kappa shape index (κ1) is 15.4. The first-order chi connectivity index (χ1) is 11.3. The van der Waals surface area contributed by atoms with E-state index < -0.39 is 0 Å². The van der Waals surface area contributed by atoms with Gasteiger partial charge in [-0.1, -0.05) is 18.7 Å². The Labute approximate surface area is 138 Å². The predicted octanol–water partition coefficient (Wildman–Crippen LogP) is 3.96. The molecule has 0 amide bonds. The minimum Gasteiger partial charge on any atom is -0.467 e. The van der Waals surface area contributed by atoms with E-state index in [-0.39, 0.29) is 5.25 Å². The molecule has 0 N–H and O–H groups in total. The van der Waals surface area contributed by atoms with Gasteiger partial charge in [-0.25, -0.2) is 0 Å². The van der Waals surface area contributed by atoms with E-state index in [9.17, 15) is 0 Å². The molecule has 1 atom stereocenters. The zero-order valence-electron chi connectivity index (χ0n) is 12.7. The third kappa shape index (κ3) is 3.66. The fraction of sp³-hybridized carbons (Fsp3) is 0.312. The van der Waals surface area contributed by atoms with Crippen molar-refractivity contribution in [1.82, 2.24) is 14.8 Å². The van der Waals surface area contributed by atoms with Gasteiger partial charge in [0.15, 0.2) is 10.9 Å². The van der Waals surface area contributed by atoms with Gasteiger partial charge in [0.05, 0.1) is 25.1 Å². The summed E-state index contributed by atoms with van der Waals surface area (Å²) in [5, 5.41) is 18.3. The molecule has 118 valence electrons. The largest absolute Gasteiger partial charge is 0.467 e. The Bertz CT molecular complexity index is 772. The van der Waals surface area contributed by atoms with E-state index in [0.29, 0.717) is 24.6 Å². The van der Waals surface area contributed by atoms with Crippen LogP contribution in [0.15, 0.2) is 50.8 Å². The van der Waals surface area contributed by atoms with Crippen LogP contribution in [-0.4, -0.2) is 20.0 Å². The van der Waals surface area contributed by atoms with E-state index in [1.54, 1.807) is 24.3 Å². The van der Waals surface area contributed by atoms with Crippen molar-refractivity contribution < 1.29 is 8.83 Å². The number of hydrogen-bond donors (Lipinski definition) is 0. The molecule has 7 heteroatoms. The molecular weight excluding hydrogens is 312 g/mol. The van der Waals surface area contributed by atoms with Crippen LogP contribution in [0.5, 0.6) is 0 Å². The molecule has 3 rings (SSSR count). The third-order valence-electron chi connectivity index (χ3n) is 3.32. The summed E-state index contributed by atoms with van der Waals surface area (Å²) in [6, 6.07) is 9.63. The molecule has 0 aliphatic carbocycles. The molecule has 3 heterocycles. The number of hydrogen-bond acceptors (Lipinski definition) is 6. The van der Waals surface area contributed by atoms with Crippen LogP contribution in [0.1, 0.15) is 25.5 Å². The molecule has 0 radical (unpaired) electrons. The molecule has 0 saturated carbocycles. The molecule has 0 aliphatic rings. The van der Waals surface area contributed by atoms with Gasteiger partial charge >= 0.3 is 0 Å². The Kier molecular flexibility index (Phi) is 4.83. The van der Waals surface area contributed by atoms with Gasteiger partial charge in [0, 0.05) is 11.7 Å². The number of nitrogens with zero attached hydrogens (tertiary/aromatic N) is 4. The van der Waals surface area contributed by atoms with E-state index in [1.807, 2.05) is 28.8 Å². The van der Waals surface area contributed by atoms with E-state index in [0.717, 1.165) is 17.3 Å². The predicted molar refractivity (Wildman–Crippen MR) is 85.7 cm³/mol. The molecule has 0 bridgehead atoms. The molecule has 0 unspecified atom stereocenters. The van der Waals surface area contributed by atoms with Crippen LogP contribution in [0.25, 0.3) is 11.6 Å². The number of rotatable bonds is 7. The molecule has 0 saturated heterocycles.